The molecule has 0 aromatic carbocycles. The minimum absolute atomic E-state index is 0.180. The molecule has 0 saturated carbocycles. The zero-order valence-electron chi connectivity index (χ0n) is 10.3. The second kappa shape index (κ2) is 5.24. The Morgan fingerprint density at radius 2 is 2.22 bits per heavy atom. The highest BCUT2D eigenvalue weighted by Gasteiger charge is 2.14. The van der Waals surface area contributed by atoms with Crippen molar-refractivity contribution in [3.8, 4) is 0 Å². The third-order valence-electron chi connectivity index (χ3n) is 2.44. The summed E-state index contributed by atoms with van der Waals surface area (Å²) in [6.07, 6.45) is 0. The number of hydrogen-bond acceptors (Lipinski definition) is 4. The fourth-order valence-electron chi connectivity index (χ4n) is 1.37. The van der Waals surface area contributed by atoms with Gasteiger partial charge in [0.2, 0.25) is 5.88 Å². The van der Waals surface area contributed by atoms with Crippen LogP contribution in [0.3, 0.4) is 0 Å². The van der Waals surface area contributed by atoms with E-state index in [4.69, 9.17) is 4.52 Å². The first-order valence-corrected chi connectivity index (χ1v) is 7.12. The van der Waals surface area contributed by atoms with Gasteiger partial charge in [0.05, 0.1) is 14.4 Å². The summed E-state index contributed by atoms with van der Waals surface area (Å²) in [5, 5.41) is 6.59. The highest BCUT2D eigenvalue weighted by molar-refractivity contribution is 9.11. The van der Waals surface area contributed by atoms with Crippen molar-refractivity contribution >= 4 is 39.1 Å². The van der Waals surface area contributed by atoms with E-state index in [1.165, 1.54) is 11.3 Å². The number of halogens is 1. The molecule has 0 aliphatic heterocycles. The lowest BCUT2D eigenvalue weighted by Gasteiger charge is -1.96. The Kier molecular flexibility index (Phi) is 3.87. The molecular formula is C12H13BrN2O2S. The van der Waals surface area contributed by atoms with Crippen LogP contribution in [0.2, 0.25) is 0 Å². The van der Waals surface area contributed by atoms with Crippen molar-refractivity contribution < 1.29 is 9.32 Å². The van der Waals surface area contributed by atoms with Crippen LogP contribution < -0.4 is 5.32 Å². The molecule has 2 heterocycles. The topological polar surface area (TPSA) is 55.1 Å². The standard InChI is InChI=1S/C12H13BrN2O2S/c1-6(2)8-5-10(17-15-8)14-12(16)9-4-7(3)11(13)18-9/h4-6H,1-3H3,(H,14,16). The molecule has 0 aliphatic carbocycles. The van der Waals surface area contributed by atoms with Crippen molar-refractivity contribution in [3.05, 3.63) is 32.1 Å². The van der Waals surface area contributed by atoms with Gasteiger partial charge in [-0.2, -0.15) is 0 Å². The molecule has 0 spiro atoms. The largest absolute Gasteiger partial charge is 0.338 e. The molecule has 0 saturated heterocycles. The number of aromatic nitrogens is 1. The van der Waals surface area contributed by atoms with Gasteiger partial charge in [0.15, 0.2) is 0 Å². The molecule has 1 amide bonds. The van der Waals surface area contributed by atoms with Gasteiger partial charge >= 0.3 is 0 Å². The lowest BCUT2D eigenvalue weighted by atomic mass is 10.1. The van der Waals surface area contributed by atoms with Gasteiger partial charge in [-0.25, -0.2) is 0 Å². The van der Waals surface area contributed by atoms with Crippen molar-refractivity contribution in [3.63, 3.8) is 0 Å². The Hall–Kier alpha value is -1.14. The van der Waals surface area contributed by atoms with Crippen LogP contribution in [0, 0.1) is 6.92 Å². The third-order valence-corrected chi connectivity index (χ3v) is 4.57. The second-order valence-corrected chi connectivity index (χ2v) is 6.66. The predicted octanol–water partition coefficient (Wildman–Crippen LogP) is 4.18. The van der Waals surface area contributed by atoms with Crippen LogP contribution in [0.4, 0.5) is 5.88 Å². The highest BCUT2D eigenvalue weighted by atomic mass is 79.9. The summed E-state index contributed by atoms with van der Waals surface area (Å²) in [7, 11) is 0. The smallest absolute Gasteiger partial charge is 0.268 e. The Morgan fingerprint density at radius 3 is 2.72 bits per heavy atom. The van der Waals surface area contributed by atoms with Gasteiger partial charge in [0.1, 0.15) is 0 Å². The second-order valence-electron chi connectivity index (χ2n) is 4.29. The first-order valence-electron chi connectivity index (χ1n) is 5.51. The molecule has 2 aromatic heterocycles. The van der Waals surface area contributed by atoms with Gasteiger partial charge in [-0.3, -0.25) is 10.1 Å². The van der Waals surface area contributed by atoms with Crippen molar-refractivity contribution in [2.45, 2.75) is 26.7 Å². The highest BCUT2D eigenvalue weighted by Crippen LogP contribution is 2.28. The van der Waals surface area contributed by atoms with Gasteiger partial charge in [-0.1, -0.05) is 19.0 Å². The fraction of sp³-hybridized carbons (Fsp3) is 0.333. The monoisotopic (exact) mass is 328 g/mol. The van der Waals surface area contributed by atoms with E-state index in [1.54, 1.807) is 6.07 Å². The van der Waals surface area contributed by atoms with Crippen molar-refractivity contribution in [1.82, 2.24) is 5.16 Å². The fourth-order valence-corrected chi connectivity index (χ4v) is 2.80. The SMILES string of the molecule is Cc1cc(C(=O)Nc2cc(C(C)C)no2)sc1Br. The van der Waals surface area contributed by atoms with E-state index >= 15 is 0 Å². The molecule has 0 atom stereocenters. The third kappa shape index (κ3) is 2.81. The maximum absolute atomic E-state index is 11.9. The first kappa shape index (κ1) is 13.3. The molecule has 0 aliphatic rings. The molecule has 6 heteroatoms. The molecule has 0 fully saturated rings. The number of hydrogen-bond donors (Lipinski definition) is 1. The normalized spacial score (nSPS) is 10.9. The van der Waals surface area contributed by atoms with Crippen molar-refractivity contribution in [2.24, 2.45) is 0 Å². The number of rotatable bonds is 3. The summed E-state index contributed by atoms with van der Waals surface area (Å²) in [5.41, 5.74) is 1.87. The molecule has 1 N–H and O–H groups in total. The quantitative estimate of drug-likeness (QED) is 0.919. The number of aryl methyl sites for hydroxylation is 1. The molecule has 96 valence electrons. The molecule has 2 rings (SSSR count). The van der Waals surface area contributed by atoms with E-state index < -0.39 is 0 Å². The van der Waals surface area contributed by atoms with Gasteiger partial charge in [0, 0.05) is 6.07 Å². The Labute approximate surface area is 117 Å². The van der Waals surface area contributed by atoms with Crippen LogP contribution in [-0.4, -0.2) is 11.1 Å². The Bertz CT molecular complexity index is 555. The van der Waals surface area contributed by atoms with Crippen LogP contribution in [-0.2, 0) is 0 Å². The minimum atomic E-state index is -0.180. The van der Waals surface area contributed by atoms with Crippen molar-refractivity contribution in [2.75, 3.05) is 5.32 Å². The minimum Gasteiger partial charge on any atom is -0.338 e. The van der Waals surface area contributed by atoms with Crippen LogP contribution in [0.15, 0.2) is 20.4 Å². The number of carbonyl (C=O) groups excluding carboxylic acids is 1. The van der Waals surface area contributed by atoms with Gasteiger partial charge in [-0.15, -0.1) is 11.3 Å². The summed E-state index contributed by atoms with van der Waals surface area (Å²) < 4.78 is 6.03. The maximum Gasteiger partial charge on any atom is 0.268 e. The predicted molar refractivity (Wildman–Crippen MR) is 75.3 cm³/mol. The molecule has 4 nitrogen and oxygen atoms in total. The number of nitrogens with one attached hydrogen (secondary N) is 1. The molecule has 0 bridgehead atoms. The number of nitrogens with zero attached hydrogens (tertiary/aromatic N) is 1. The van der Waals surface area contributed by atoms with Gasteiger partial charge in [-0.05, 0) is 40.4 Å². The maximum atomic E-state index is 11.9. The Morgan fingerprint density at radius 1 is 1.50 bits per heavy atom. The van der Waals surface area contributed by atoms with Gasteiger partial charge in [0.25, 0.3) is 5.91 Å². The van der Waals surface area contributed by atoms with E-state index in [0.717, 1.165) is 15.0 Å². The number of carbonyl (C=O) groups is 1. The summed E-state index contributed by atoms with van der Waals surface area (Å²) in [6.45, 7) is 5.98. The molecule has 0 radical (unpaired) electrons. The first-order chi connectivity index (χ1) is 8.47. The van der Waals surface area contributed by atoms with Crippen LogP contribution in [0.5, 0.6) is 0 Å². The summed E-state index contributed by atoms with van der Waals surface area (Å²) in [4.78, 5) is 12.6. The van der Waals surface area contributed by atoms with Crippen molar-refractivity contribution in [1.29, 1.82) is 0 Å². The number of anilines is 1. The van der Waals surface area contributed by atoms with E-state index in [0.29, 0.717) is 10.8 Å². The van der Waals surface area contributed by atoms with E-state index in [2.05, 4.69) is 26.4 Å². The van der Waals surface area contributed by atoms with E-state index in [1.807, 2.05) is 26.8 Å². The molecule has 0 unspecified atom stereocenters. The lowest BCUT2D eigenvalue weighted by Crippen LogP contribution is -2.09. The molecular weight excluding hydrogens is 316 g/mol. The molecule has 2 aromatic rings. The number of amides is 1. The molecule has 18 heavy (non-hydrogen) atoms. The van der Waals surface area contributed by atoms with Gasteiger partial charge < -0.3 is 4.52 Å². The van der Waals surface area contributed by atoms with E-state index in [9.17, 15) is 4.79 Å². The van der Waals surface area contributed by atoms with Crippen LogP contribution in [0.25, 0.3) is 0 Å². The average Bonchev–Trinajstić information content (AvgIpc) is 2.87. The Balaban J connectivity index is 2.11. The summed E-state index contributed by atoms with van der Waals surface area (Å²) in [5.74, 6) is 0.476. The van der Waals surface area contributed by atoms with Crippen LogP contribution >= 0.6 is 27.3 Å². The van der Waals surface area contributed by atoms with E-state index in [-0.39, 0.29) is 11.8 Å². The zero-order chi connectivity index (χ0) is 13.3. The zero-order valence-corrected chi connectivity index (χ0v) is 12.7. The summed E-state index contributed by atoms with van der Waals surface area (Å²) in [6, 6.07) is 3.59. The summed E-state index contributed by atoms with van der Waals surface area (Å²) >= 11 is 4.79. The van der Waals surface area contributed by atoms with Crippen LogP contribution in [0.1, 0.15) is 40.7 Å². The lowest BCUT2D eigenvalue weighted by molar-refractivity contribution is 0.102. The number of thiophene rings is 1. The average molecular weight is 329 g/mol.